The van der Waals surface area contributed by atoms with E-state index < -0.39 is 55.7 Å². The summed E-state index contributed by atoms with van der Waals surface area (Å²) < 4.78 is 7.89. The van der Waals surface area contributed by atoms with Crippen molar-refractivity contribution in [2.24, 2.45) is 0 Å². The number of hydrogen-bond donors (Lipinski definition) is 2. The summed E-state index contributed by atoms with van der Waals surface area (Å²) in [6.07, 6.45) is -3.76. The predicted octanol–water partition coefficient (Wildman–Crippen LogP) is -3.21. The molecule has 0 aliphatic rings. The zero-order valence-corrected chi connectivity index (χ0v) is 9.08. The number of ether oxygens (including phenoxy) is 2. The zero-order valence-electron chi connectivity index (χ0n) is 9.08. The molecule has 0 bridgehead atoms. The number of hydrogen-bond acceptors (Lipinski definition) is 7. The summed E-state index contributed by atoms with van der Waals surface area (Å²) in [6.45, 7) is 0. The van der Waals surface area contributed by atoms with E-state index in [1.807, 2.05) is 0 Å². The van der Waals surface area contributed by atoms with E-state index in [0.717, 1.165) is 0 Å². The van der Waals surface area contributed by atoms with Crippen LogP contribution >= 0.6 is 0 Å². The molecule has 0 radical (unpaired) electrons. The number of rotatable bonds is 6. The molecule has 0 atom stereocenters. The van der Waals surface area contributed by atoms with Gasteiger partial charge in [0.15, 0.2) is 0 Å². The first kappa shape index (κ1) is 35.2. The van der Waals surface area contributed by atoms with Crippen LogP contribution in [0.1, 0.15) is 25.7 Å². The third-order valence-corrected chi connectivity index (χ3v) is 1.48. The van der Waals surface area contributed by atoms with Crippen molar-refractivity contribution in [1.82, 2.24) is 0 Å². The van der Waals surface area contributed by atoms with E-state index in [9.17, 15) is 24.0 Å². The van der Waals surface area contributed by atoms with Crippen LogP contribution in [0, 0.1) is 0 Å². The van der Waals surface area contributed by atoms with E-state index in [4.69, 9.17) is 10.2 Å². The topological polar surface area (TPSA) is 144 Å². The SMILES string of the molecule is O=C(O)CCC(=O)OC(=O)OC(=O)CCC(=O)O.[CaH2].[CaH2].[NaH].[NaH]. The van der Waals surface area contributed by atoms with Crippen LogP contribution in [0.25, 0.3) is 0 Å². The summed E-state index contributed by atoms with van der Waals surface area (Å²) in [5.41, 5.74) is 0. The molecule has 22 heavy (non-hydrogen) atoms. The van der Waals surface area contributed by atoms with Gasteiger partial charge in [-0.15, -0.1) is 0 Å². The molecular weight excluding hydrogens is 378 g/mol. The average Bonchev–Trinajstić information content (AvgIpc) is 2.23. The Bertz CT molecular complexity index is 355. The molecule has 0 amide bonds. The second-order valence-corrected chi connectivity index (χ2v) is 2.99. The van der Waals surface area contributed by atoms with Gasteiger partial charge in [-0.1, -0.05) is 0 Å². The standard InChI is InChI=1S/C9H10O9.2Ca.2Na.6H/c10-5(11)1-3-7(14)17-9(16)18-8(15)4-2-6(12)13;;;;;;;;;;/h1-4H2,(H,10,11)(H,12,13);;;;;;;;;;. The Morgan fingerprint density at radius 2 is 0.909 bits per heavy atom. The van der Waals surface area contributed by atoms with Gasteiger partial charge in [-0.2, -0.15) is 0 Å². The molecular formula is C9H16Ca2Na2O9. The van der Waals surface area contributed by atoms with Crippen LogP contribution in [0.4, 0.5) is 4.79 Å². The Kier molecular flexibility index (Phi) is 33.8. The van der Waals surface area contributed by atoms with Gasteiger partial charge < -0.3 is 19.7 Å². The fraction of sp³-hybridized carbons (Fsp3) is 0.444. The summed E-state index contributed by atoms with van der Waals surface area (Å²) in [5, 5.41) is 16.5. The van der Waals surface area contributed by atoms with E-state index in [2.05, 4.69) is 9.47 Å². The van der Waals surface area contributed by atoms with Crippen LogP contribution in [0.3, 0.4) is 0 Å². The third-order valence-electron chi connectivity index (χ3n) is 1.48. The second-order valence-electron chi connectivity index (χ2n) is 2.99. The van der Waals surface area contributed by atoms with Crippen molar-refractivity contribution in [2.45, 2.75) is 25.7 Å². The van der Waals surface area contributed by atoms with Gasteiger partial charge in [0.25, 0.3) is 0 Å². The summed E-state index contributed by atoms with van der Waals surface area (Å²) in [6, 6.07) is 0. The first-order valence-electron chi connectivity index (χ1n) is 4.70. The van der Waals surface area contributed by atoms with Crippen molar-refractivity contribution < 1.29 is 43.7 Å². The molecule has 0 saturated heterocycles. The molecule has 13 heteroatoms. The predicted molar refractivity (Wildman–Crippen MR) is 82.7 cm³/mol. The molecule has 0 aromatic rings. The van der Waals surface area contributed by atoms with Crippen LogP contribution in [-0.2, 0) is 28.7 Å². The quantitative estimate of drug-likeness (QED) is 0.270. The monoisotopic (exact) mass is 394 g/mol. The van der Waals surface area contributed by atoms with E-state index in [1.54, 1.807) is 0 Å². The number of carbonyl (C=O) groups is 5. The van der Waals surface area contributed by atoms with E-state index in [-0.39, 0.29) is 135 Å². The summed E-state index contributed by atoms with van der Waals surface area (Å²) in [5.74, 6) is -4.82. The molecule has 2 N–H and O–H groups in total. The van der Waals surface area contributed by atoms with Gasteiger partial charge in [-0.25, -0.2) is 4.79 Å². The van der Waals surface area contributed by atoms with Crippen molar-refractivity contribution in [3.63, 3.8) is 0 Å². The first-order valence-corrected chi connectivity index (χ1v) is 4.70. The number of carbonyl (C=O) groups excluding carboxylic acids is 3. The minimum atomic E-state index is -1.61. The molecule has 9 nitrogen and oxygen atoms in total. The summed E-state index contributed by atoms with van der Waals surface area (Å²) in [7, 11) is 0. The number of esters is 2. The summed E-state index contributed by atoms with van der Waals surface area (Å²) in [4.78, 5) is 52.6. The van der Waals surface area contributed by atoms with Gasteiger partial charge in [-0.3, -0.25) is 19.2 Å². The Hall–Kier alpha value is 2.07. The third kappa shape index (κ3) is 24.3. The van der Waals surface area contributed by atoms with Gasteiger partial charge in [0, 0.05) is 0 Å². The van der Waals surface area contributed by atoms with Crippen molar-refractivity contribution >= 4 is 165 Å². The Morgan fingerprint density at radius 3 is 1.14 bits per heavy atom. The number of carboxylic acids is 2. The Balaban J connectivity index is -0.000000241. The Morgan fingerprint density at radius 1 is 0.636 bits per heavy atom. The van der Waals surface area contributed by atoms with Gasteiger partial charge in [-0.05, 0) is 0 Å². The van der Waals surface area contributed by atoms with Gasteiger partial charge in [0.05, 0.1) is 25.7 Å². The fourth-order valence-corrected chi connectivity index (χ4v) is 0.727. The summed E-state index contributed by atoms with van der Waals surface area (Å²) >= 11 is 0. The van der Waals surface area contributed by atoms with Crippen molar-refractivity contribution in [3.8, 4) is 0 Å². The van der Waals surface area contributed by atoms with E-state index >= 15 is 0 Å². The molecule has 0 unspecified atom stereocenters. The zero-order chi connectivity index (χ0) is 14.1. The maximum atomic E-state index is 10.8. The molecule has 0 saturated carbocycles. The van der Waals surface area contributed by atoms with Crippen molar-refractivity contribution in [2.75, 3.05) is 0 Å². The fourth-order valence-electron chi connectivity index (χ4n) is 0.727. The first-order chi connectivity index (χ1) is 8.31. The molecule has 0 aliphatic heterocycles. The average molecular weight is 394 g/mol. The number of carboxylic acid groups (broad SMARTS) is 2. The molecule has 0 fully saturated rings. The minimum absolute atomic E-state index is 0. The molecule has 112 valence electrons. The van der Waals surface area contributed by atoms with Crippen LogP contribution < -0.4 is 0 Å². The van der Waals surface area contributed by atoms with E-state index in [0.29, 0.717) is 0 Å². The second kappa shape index (κ2) is 21.1. The van der Waals surface area contributed by atoms with E-state index in [1.165, 1.54) is 0 Å². The van der Waals surface area contributed by atoms with Crippen molar-refractivity contribution in [1.29, 1.82) is 0 Å². The van der Waals surface area contributed by atoms with Crippen LogP contribution in [0.5, 0.6) is 0 Å². The number of aliphatic carboxylic acids is 2. The molecule has 0 spiro atoms. The molecule has 0 rings (SSSR count). The van der Waals surface area contributed by atoms with Gasteiger partial charge in [0.1, 0.15) is 0 Å². The normalized spacial score (nSPS) is 7.64. The molecule has 0 heterocycles. The van der Waals surface area contributed by atoms with Crippen LogP contribution in [0.2, 0.25) is 0 Å². The van der Waals surface area contributed by atoms with Crippen LogP contribution in [0.15, 0.2) is 0 Å². The van der Waals surface area contributed by atoms with Crippen molar-refractivity contribution in [3.05, 3.63) is 0 Å². The molecule has 0 aliphatic carbocycles. The molecule has 0 aromatic carbocycles. The van der Waals surface area contributed by atoms with Gasteiger partial charge in [0.2, 0.25) is 0 Å². The Labute approximate surface area is 229 Å². The van der Waals surface area contributed by atoms with Crippen LogP contribution in [-0.4, -0.2) is 175 Å². The molecule has 0 aromatic heterocycles. The maximum absolute atomic E-state index is 10.8. The van der Waals surface area contributed by atoms with Gasteiger partial charge >= 0.3 is 165 Å².